The summed E-state index contributed by atoms with van der Waals surface area (Å²) in [5.74, 6) is -1.32. The number of nitrogens with one attached hydrogen (secondary N) is 1. The van der Waals surface area contributed by atoms with Gasteiger partial charge >= 0.3 is 5.97 Å². The standard InChI is InChI=1S/C18H16FNO3/c1-11-9-13(19)7-8-15(11)20-17(22)18(2)10-12-5-3-4-6-14(12)16(21)23-18/h3-9H,10H2,1-2H3,(H,20,22)/t18-/m1/s1. The normalized spacial score (nSPS) is 19.7. The summed E-state index contributed by atoms with van der Waals surface area (Å²) >= 11 is 0. The monoisotopic (exact) mass is 313 g/mol. The number of cyclic esters (lactones) is 1. The average Bonchev–Trinajstić information content (AvgIpc) is 2.50. The van der Waals surface area contributed by atoms with E-state index in [-0.39, 0.29) is 5.82 Å². The Morgan fingerprint density at radius 2 is 2.00 bits per heavy atom. The highest BCUT2D eigenvalue weighted by Gasteiger charge is 2.42. The second-order valence-electron chi connectivity index (χ2n) is 5.87. The van der Waals surface area contributed by atoms with Gasteiger partial charge in [0.25, 0.3) is 5.91 Å². The molecule has 0 saturated heterocycles. The molecule has 0 bridgehead atoms. The van der Waals surface area contributed by atoms with Gasteiger partial charge in [-0.3, -0.25) is 4.79 Å². The number of ether oxygens (including phenoxy) is 1. The fraction of sp³-hybridized carbons (Fsp3) is 0.222. The van der Waals surface area contributed by atoms with E-state index in [9.17, 15) is 14.0 Å². The van der Waals surface area contributed by atoms with Gasteiger partial charge in [0.2, 0.25) is 0 Å². The number of aryl methyl sites for hydroxylation is 1. The van der Waals surface area contributed by atoms with Crippen molar-refractivity contribution in [2.45, 2.75) is 25.9 Å². The van der Waals surface area contributed by atoms with Gasteiger partial charge in [-0.2, -0.15) is 0 Å². The first-order valence-electron chi connectivity index (χ1n) is 7.28. The molecule has 0 aliphatic carbocycles. The molecule has 1 aliphatic rings. The summed E-state index contributed by atoms with van der Waals surface area (Å²) in [5, 5.41) is 2.72. The van der Waals surface area contributed by atoms with Crippen molar-refractivity contribution in [2.75, 3.05) is 5.32 Å². The highest BCUT2D eigenvalue weighted by Crippen LogP contribution is 2.29. The van der Waals surface area contributed by atoms with E-state index in [1.807, 2.05) is 12.1 Å². The van der Waals surface area contributed by atoms with Crippen molar-refractivity contribution >= 4 is 17.6 Å². The molecule has 4 nitrogen and oxygen atoms in total. The highest BCUT2D eigenvalue weighted by atomic mass is 19.1. The number of carbonyl (C=O) groups excluding carboxylic acids is 2. The van der Waals surface area contributed by atoms with Crippen LogP contribution in [0.1, 0.15) is 28.4 Å². The lowest BCUT2D eigenvalue weighted by molar-refractivity contribution is -0.134. The Morgan fingerprint density at radius 3 is 2.74 bits per heavy atom. The maximum atomic E-state index is 13.1. The zero-order valence-electron chi connectivity index (χ0n) is 12.9. The largest absolute Gasteiger partial charge is 0.445 e. The Bertz CT molecular complexity index is 803. The molecule has 1 atom stereocenters. The topological polar surface area (TPSA) is 55.4 Å². The molecule has 1 amide bonds. The molecule has 5 heteroatoms. The molecule has 2 aromatic rings. The predicted molar refractivity (Wildman–Crippen MR) is 83.7 cm³/mol. The molecule has 118 valence electrons. The van der Waals surface area contributed by atoms with Crippen LogP contribution in [-0.2, 0) is 16.0 Å². The van der Waals surface area contributed by atoms with E-state index < -0.39 is 17.5 Å². The van der Waals surface area contributed by atoms with E-state index in [0.29, 0.717) is 23.2 Å². The molecule has 1 aliphatic heterocycles. The van der Waals surface area contributed by atoms with Crippen LogP contribution in [0.15, 0.2) is 42.5 Å². The Balaban J connectivity index is 1.86. The molecular weight excluding hydrogens is 297 g/mol. The number of hydrogen-bond acceptors (Lipinski definition) is 3. The molecular formula is C18H16FNO3. The van der Waals surface area contributed by atoms with Crippen molar-refractivity contribution in [1.29, 1.82) is 0 Å². The molecule has 0 unspecified atom stereocenters. The van der Waals surface area contributed by atoms with Gasteiger partial charge in [-0.1, -0.05) is 18.2 Å². The number of carbonyl (C=O) groups is 2. The number of rotatable bonds is 2. The van der Waals surface area contributed by atoms with Gasteiger partial charge in [0.1, 0.15) is 5.82 Å². The molecule has 0 radical (unpaired) electrons. The van der Waals surface area contributed by atoms with E-state index in [2.05, 4.69) is 5.32 Å². The second kappa shape index (κ2) is 5.50. The van der Waals surface area contributed by atoms with Crippen LogP contribution >= 0.6 is 0 Å². The Kier molecular flexibility index (Phi) is 3.64. The number of esters is 1. The van der Waals surface area contributed by atoms with Gasteiger partial charge in [-0.15, -0.1) is 0 Å². The van der Waals surface area contributed by atoms with E-state index in [4.69, 9.17) is 4.74 Å². The smallest absolute Gasteiger partial charge is 0.339 e. The van der Waals surface area contributed by atoms with Crippen LogP contribution in [-0.4, -0.2) is 17.5 Å². The minimum Gasteiger partial charge on any atom is -0.445 e. The Hall–Kier alpha value is -2.69. The number of hydrogen-bond donors (Lipinski definition) is 1. The highest BCUT2D eigenvalue weighted by molar-refractivity contribution is 6.02. The molecule has 23 heavy (non-hydrogen) atoms. The summed E-state index contributed by atoms with van der Waals surface area (Å²) in [4.78, 5) is 24.7. The van der Waals surface area contributed by atoms with Crippen molar-refractivity contribution in [1.82, 2.24) is 0 Å². The summed E-state index contributed by atoms with van der Waals surface area (Å²) in [6, 6.07) is 11.2. The van der Waals surface area contributed by atoms with Crippen LogP contribution in [0.4, 0.5) is 10.1 Å². The third-order valence-electron chi connectivity index (χ3n) is 4.00. The van der Waals surface area contributed by atoms with Gasteiger partial charge < -0.3 is 10.1 Å². The molecule has 1 heterocycles. The van der Waals surface area contributed by atoms with Crippen molar-refractivity contribution < 1.29 is 18.7 Å². The van der Waals surface area contributed by atoms with Gasteiger partial charge in [0.05, 0.1) is 5.56 Å². The Morgan fingerprint density at radius 1 is 1.26 bits per heavy atom. The maximum absolute atomic E-state index is 13.1. The van der Waals surface area contributed by atoms with Gasteiger partial charge in [-0.25, -0.2) is 9.18 Å². The number of benzene rings is 2. The van der Waals surface area contributed by atoms with E-state index in [1.54, 1.807) is 26.0 Å². The molecule has 0 spiro atoms. The van der Waals surface area contributed by atoms with Crippen LogP contribution in [0.3, 0.4) is 0 Å². The molecule has 2 aromatic carbocycles. The molecule has 0 aromatic heterocycles. The first-order valence-corrected chi connectivity index (χ1v) is 7.28. The van der Waals surface area contributed by atoms with Crippen molar-refractivity contribution in [2.24, 2.45) is 0 Å². The molecule has 3 rings (SSSR count). The lowest BCUT2D eigenvalue weighted by Gasteiger charge is -2.33. The van der Waals surface area contributed by atoms with Gasteiger partial charge in [0, 0.05) is 12.1 Å². The van der Waals surface area contributed by atoms with Crippen molar-refractivity contribution in [3.05, 3.63) is 65.0 Å². The first-order chi connectivity index (χ1) is 10.9. The lowest BCUT2D eigenvalue weighted by atomic mass is 9.89. The first kappa shape index (κ1) is 15.2. The minimum absolute atomic E-state index is 0.293. The van der Waals surface area contributed by atoms with E-state index in [0.717, 1.165) is 5.56 Å². The number of halogens is 1. The fourth-order valence-corrected chi connectivity index (χ4v) is 2.68. The minimum atomic E-state index is -1.30. The van der Waals surface area contributed by atoms with Crippen LogP contribution in [0.2, 0.25) is 0 Å². The van der Waals surface area contributed by atoms with Crippen LogP contribution < -0.4 is 5.32 Å². The fourth-order valence-electron chi connectivity index (χ4n) is 2.68. The van der Waals surface area contributed by atoms with Gasteiger partial charge in [-0.05, 0) is 49.2 Å². The third kappa shape index (κ3) is 2.82. The predicted octanol–water partition coefficient (Wildman–Crippen LogP) is 3.24. The Labute approximate surface area is 133 Å². The summed E-state index contributed by atoms with van der Waals surface area (Å²) in [6.45, 7) is 3.28. The van der Waals surface area contributed by atoms with E-state index >= 15 is 0 Å². The van der Waals surface area contributed by atoms with Crippen LogP contribution in [0.5, 0.6) is 0 Å². The summed E-state index contributed by atoms with van der Waals surface area (Å²) in [5.41, 5.74) is 1.05. The number of anilines is 1. The molecule has 1 N–H and O–H groups in total. The van der Waals surface area contributed by atoms with E-state index in [1.165, 1.54) is 18.2 Å². The van der Waals surface area contributed by atoms with Crippen molar-refractivity contribution in [3.8, 4) is 0 Å². The third-order valence-corrected chi connectivity index (χ3v) is 4.00. The number of fused-ring (bicyclic) bond motifs is 1. The molecule has 0 saturated carbocycles. The summed E-state index contributed by atoms with van der Waals surface area (Å²) in [7, 11) is 0. The quantitative estimate of drug-likeness (QED) is 0.866. The SMILES string of the molecule is Cc1cc(F)ccc1NC(=O)[C@@]1(C)Cc2ccccc2C(=O)O1. The average molecular weight is 313 g/mol. The van der Waals surface area contributed by atoms with Crippen molar-refractivity contribution in [3.63, 3.8) is 0 Å². The summed E-state index contributed by atoms with van der Waals surface area (Å²) < 4.78 is 18.5. The van der Waals surface area contributed by atoms with Crippen LogP contribution in [0.25, 0.3) is 0 Å². The second-order valence-corrected chi connectivity index (χ2v) is 5.87. The summed E-state index contributed by atoms with van der Waals surface area (Å²) in [6.07, 6.45) is 0.293. The zero-order chi connectivity index (χ0) is 16.6. The van der Waals surface area contributed by atoms with Gasteiger partial charge in [0.15, 0.2) is 5.60 Å². The molecule has 0 fully saturated rings. The maximum Gasteiger partial charge on any atom is 0.339 e. The number of amides is 1. The zero-order valence-corrected chi connectivity index (χ0v) is 12.9. The lowest BCUT2D eigenvalue weighted by Crippen LogP contribution is -2.49. The van der Waals surface area contributed by atoms with Crippen LogP contribution in [0, 0.1) is 12.7 Å².